The second-order valence-corrected chi connectivity index (χ2v) is 9.72. The fourth-order valence-corrected chi connectivity index (χ4v) is 4.50. The van der Waals surface area contributed by atoms with Crippen LogP contribution in [-0.2, 0) is 16.1 Å². The van der Waals surface area contributed by atoms with Gasteiger partial charge < -0.3 is 10.2 Å². The Bertz CT molecular complexity index is 1100. The minimum atomic E-state index is -0.115. The smallest absolute Gasteiger partial charge is 0.224 e. The van der Waals surface area contributed by atoms with E-state index in [0.717, 1.165) is 35.1 Å². The molecule has 0 aliphatic rings. The van der Waals surface area contributed by atoms with E-state index in [2.05, 4.69) is 52.4 Å². The Morgan fingerprint density at radius 1 is 1.08 bits per heavy atom. The summed E-state index contributed by atoms with van der Waals surface area (Å²) in [6, 6.07) is 16.1. The molecular formula is C27H36N6O2S. The summed E-state index contributed by atoms with van der Waals surface area (Å²) in [5, 5.41) is 17.2. The van der Waals surface area contributed by atoms with E-state index >= 15 is 0 Å². The zero-order valence-electron chi connectivity index (χ0n) is 21.3. The lowest BCUT2D eigenvalue weighted by molar-refractivity contribution is -0.132. The van der Waals surface area contributed by atoms with Crippen molar-refractivity contribution in [1.29, 1.82) is 0 Å². The van der Waals surface area contributed by atoms with Crippen molar-refractivity contribution in [2.24, 2.45) is 11.8 Å². The zero-order valence-corrected chi connectivity index (χ0v) is 22.2. The topological polar surface area (TPSA) is 104 Å². The van der Waals surface area contributed by atoms with Crippen molar-refractivity contribution < 1.29 is 9.59 Å². The third kappa shape index (κ3) is 7.65. The van der Waals surface area contributed by atoms with Crippen LogP contribution in [-0.4, -0.2) is 56.2 Å². The Balaban J connectivity index is 1.67. The molecule has 36 heavy (non-hydrogen) atoms. The van der Waals surface area contributed by atoms with Crippen LogP contribution in [0.25, 0.3) is 22.5 Å². The maximum Gasteiger partial charge on any atom is 0.224 e. The number of carbonyl (C=O) groups is 2. The summed E-state index contributed by atoms with van der Waals surface area (Å²) in [5.41, 5.74) is 4.00. The van der Waals surface area contributed by atoms with E-state index in [1.54, 1.807) is 0 Å². The minimum Gasteiger partial charge on any atom is -0.354 e. The van der Waals surface area contributed by atoms with Crippen LogP contribution in [0, 0.1) is 11.8 Å². The Morgan fingerprint density at radius 2 is 1.81 bits per heavy atom. The molecule has 1 heterocycles. The molecule has 0 unspecified atom stereocenters. The van der Waals surface area contributed by atoms with E-state index < -0.39 is 0 Å². The molecule has 1 aromatic heterocycles. The van der Waals surface area contributed by atoms with Crippen molar-refractivity contribution >= 4 is 24.4 Å². The molecule has 3 aromatic rings. The molecule has 192 valence electrons. The summed E-state index contributed by atoms with van der Waals surface area (Å²) < 4.78 is 0. The van der Waals surface area contributed by atoms with Crippen LogP contribution < -0.4 is 5.32 Å². The number of rotatable bonds is 13. The van der Waals surface area contributed by atoms with Gasteiger partial charge in [0.05, 0.1) is 0 Å². The maximum absolute atomic E-state index is 12.8. The van der Waals surface area contributed by atoms with Gasteiger partial charge in [0, 0.05) is 43.3 Å². The molecule has 8 nitrogen and oxygen atoms in total. The predicted octanol–water partition coefficient (Wildman–Crippen LogP) is 4.37. The first-order valence-electron chi connectivity index (χ1n) is 12.5. The Labute approximate surface area is 218 Å². The molecule has 0 saturated carbocycles. The number of tetrazole rings is 1. The van der Waals surface area contributed by atoms with Crippen molar-refractivity contribution in [2.45, 2.75) is 46.6 Å². The lowest BCUT2D eigenvalue weighted by atomic mass is 9.98. The van der Waals surface area contributed by atoms with Gasteiger partial charge in [0.25, 0.3) is 0 Å². The van der Waals surface area contributed by atoms with Gasteiger partial charge in [-0.3, -0.25) is 9.59 Å². The summed E-state index contributed by atoms with van der Waals surface area (Å²) in [4.78, 5) is 27.2. The van der Waals surface area contributed by atoms with Crippen molar-refractivity contribution in [3.8, 4) is 22.5 Å². The number of thiol groups is 1. The first kappa shape index (κ1) is 27.4. The van der Waals surface area contributed by atoms with Gasteiger partial charge in [0.1, 0.15) is 0 Å². The summed E-state index contributed by atoms with van der Waals surface area (Å²) in [6.45, 7) is 7.58. The number of benzene rings is 2. The number of nitrogens with one attached hydrogen (secondary N) is 2. The van der Waals surface area contributed by atoms with E-state index in [9.17, 15) is 9.59 Å². The highest BCUT2D eigenvalue weighted by Gasteiger charge is 2.19. The summed E-state index contributed by atoms with van der Waals surface area (Å²) in [6.07, 6.45) is 2.07. The van der Waals surface area contributed by atoms with Crippen LogP contribution in [0.15, 0.2) is 48.5 Å². The van der Waals surface area contributed by atoms with E-state index in [-0.39, 0.29) is 17.7 Å². The first-order valence-corrected chi connectivity index (χ1v) is 13.1. The van der Waals surface area contributed by atoms with Crippen LogP contribution in [0.2, 0.25) is 0 Å². The third-order valence-corrected chi connectivity index (χ3v) is 6.45. The van der Waals surface area contributed by atoms with Crippen LogP contribution >= 0.6 is 12.6 Å². The second kappa shape index (κ2) is 13.8. The second-order valence-electron chi connectivity index (χ2n) is 9.36. The molecule has 2 aromatic carbocycles. The molecule has 0 fully saturated rings. The fraction of sp³-hybridized carbons (Fsp3) is 0.444. The van der Waals surface area contributed by atoms with Crippen molar-refractivity contribution in [3.05, 3.63) is 54.1 Å². The Hall–Kier alpha value is -3.20. The van der Waals surface area contributed by atoms with Crippen LogP contribution in [0.1, 0.15) is 45.6 Å². The molecule has 0 bridgehead atoms. The molecule has 0 spiro atoms. The summed E-state index contributed by atoms with van der Waals surface area (Å²) in [7, 11) is 0. The van der Waals surface area contributed by atoms with Gasteiger partial charge in [-0.15, -0.1) is 5.10 Å². The quantitative estimate of drug-likeness (QED) is 0.298. The predicted molar refractivity (Wildman–Crippen MR) is 145 cm³/mol. The van der Waals surface area contributed by atoms with Crippen LogP contribution in [0.5, 0.6) is 0 Å². The molecular weight excluding hydrogens is 472 g/mol. The van der Waals surface area contributed by atoms with Gasteiger partial charge in [0.15, 0.2) is 5.82 Å². The summed E-state index contributed by atoms with van der Waals surface area (Å²) >= 11 is 4.34. The van der Waals surface area contributed by atoms with Gasteiger partial charge in [-0.1, -0.05) is 69.3 Å². The molecule has 2 N–H and O–H groups in total. The number of aromatic nitrogens is 4. The normalized spacial score (nSPS) is 11.9. The van der Waals surface area contributed by atoms with Crippen LogP contribution in [0.4, 0.5) is 0 Å². The summed E-state index contributed by atoms with van der Waals surface area (Å²) in [5.74, 6) is 1.54. The van der Waals surface area contributed by atoms with E-state index in [1.165, 1.54) is 0 Å². The third-order valence-electron chi connectivity index (χ3n) is 6.01. The molecule has 0 aliphatic carbocycles. The average molecular weight is 509 g/mol. The lowest BCUT2D eigenvalue weighted by Crippen LogP contribution is -2.40. The molecule has 1 atom stereocenters. The standard InChI is InChI=1S/C27H36N6O2S/c1-4-7-25(34)33(15-14-28-27(35)22(18-36)16-19(2)3)17-20-10-12-21(13-11-20)23-8-5-6-9-24(23)26-29-31-32-30-26/h5-6,8-13,19,22,36H,4,7,14-18H2,1-3H3,(H,28,35)(H,29,30,31,32)/t22-/m0/s1. The van der Waals surface area contributed by atoms with Gasteiger partial charge in [-0.25, -0.2) is 5.10 Å². The number of hydrogen-bond acceptors (Lipinski definition) is 6. The van der Waals surface area contributed by atoms with Gasteiger partial charge in [0.2, 0.25) is 11.8 Å². The number of hydrogen-bond donors (Lipinski definition) is 3. The fourth-order valence-electron chi connectivity index (χ4n) is 4.18. The van der Waals surface area contributed by atoms with Gasteiger partial charge in [-0.2, -0.15) is 12.6 Å². The lowest BCUT2D eigenvalue weighted by Gasteiger charge is -2.24. The largest absolute Gasteiger partial charge is 0.354 e. The molecule has 3 rings (SSSR count). The Morgan fingerprint density at radius 3 is 2.42 bits per heavy atom. The molecule has 0 aliphatic heterocycles. The monoisotopic (exact) mass is 508 g/mol. The molecule has 9 heteroatoms. The first-order chi connectivity index (χ1) is 17.4. The number of carbonyl (C=O) groups excluding carboxylic acids is 2. The van der Waals surface area contributed by atoms with Crippen LogP contribution in [0.3, 0.4) is 0 Å². The maximum atomic E-state index is 12.8. The van der Waals surface area contributed by atoms with Crippen molar-refractivity contribution in [3.63, 3.8) is 0 Å². The minimum absolute atomic E-state index is 0.00608. The van der Waals surface area contributed by atoms with E-state index in [4.69, 9.17) is 0 Å². The molecule has 0 saturated heterocycles. The van der Waals surface area contributed by atoms with Crippen molar-refractivity contribution in [1.82, 2.24) is 30.8 Å². The van der Waals surface area contributed by atoms with E-state index in [0.29, 0.717) is 43.6 Å². The van der Waals surface area contributed by atoms with Gasteiger partial charge >= 0.3 is 0 Å². The zero-order chi connectivity index (χ0) is 25.9. The average Bonchev–Trinajstić information content (AvgIpc) is 3.42. The highest BCUT2D eigenvalue weighted by Crippen LogP contribution is 2.29. The highest BCUT2D eigenvalue weighted by atomic mass is 32.1. The molecule has 2 amide bonds. The number of H-pyrrole nitrogens is 1. The number of nitrogens with zero attached hydrogens (tertiary/aromatic N) is 4. The van der Waals surface area contributed by atoms with E-state index in [1.807, 2.05) is 60.4 Å². The number of amides is 2. The Kier molecular flexibility index (Phi) is 10.5. The molecule has 0 radical (unpaired) electrons. The highest BCUT2D eigenvalue weighted by molar-refractivity contribution is 7.80. The van der Waals surface area contributed by atoms with Crippen molar-refractivity contribution in [2.75, 3.05) is 18.8 Å². The number of aromatic amines is 1. The van der Waals surface area contributed by atoms with Gasteiger partial charge in [-0.05, 0) is 45.9 Å². The SMILES string of the molecule is CCCC(=O)N(CCNC(=O)[C@H](CS)CC(C)C)Cc1ccc(-c2ccccc2-c2nnn[nH]2)cc1.